The smallest absolute Gasteiger partial charge is 0.290 e. The van der Waals surface area contributed by atoms with Crippen LogP contribution >= 0.6 is 11.8 Å². The number of aromatic nitrogens is 1. The normalized spacial score (nSPS) is 18.2. The summed E-state index contributed by atoms with van der Waals surface area (Å²) in [4.78, 5) is 32.0. The first kappa shape index (κ1) is 22.5. The lowest BCUT2D eigenvalue weighted by atomic mass is 9.98. The number of hydrogen-bond acceptors (Lipinski definition) is 6. The Morgan fingerprint density at radius 1 is 1.06 bits per heavy atom. The van der Waals surface area contributed by atoms with Crippen molar-refractivity contribution in [2.45, 2.75) is 6.92 Å². The SMILES string of the molecule is CCN1CCN(c2ccc(-c3ccnc4c(F)cc(C=C5SC(=O)NC5=O)cc34)cc2F)CC1. The van der Waals surface area contributed by atoms with Crippen LogP contribution in [0.25, 0.3) is 28.1 Å². The lowest BCUT2D eigenvalue weighted by Gasteiger charge is -2.35. The van der Waals surface area contributed by atoms with E-state index in [1.165, 1.54) is 24.4 Å². The molecule has 1 N–H and O–H groups in total. The fourth-order valence-electron chi connectivity index (χ4n) is 4.38. The first-order chi connectivity index (χ1) is 16.4. The highest BCUT2D eigenvalue weighted by atomic mass is 32.2. The van der Waals surface area contributed by atoms with Crippen LogP contribution in [0.15, 0.2) is 47.5 Å². The van der Waals surface area contributed by atoms with Crippen LogP contribution in [0.1, 0.15) is 12.5 Å². The number of imide groups is 1. The minimum absolute atomic E-state index is 0.152. The number of likely N-dealkylation sites (N-methyl/N-ethyl adjacent to an activating group) is 1. The minimum Gasteiger partial charge on any atom is -0.367 e. The number of thioether (sulfide) groups is 1. The monoisotopic (exact) mass is 480 g/mol. The number of pyridine rings is 1. The van der Waals surface area contributed by atoms with Crippen molar-refractivity contribution in [3.8, 4) is 11.1 Å². The second kappa shape index (κ2) is 9.15. The van der Waals surface area contributed by atoms with Crippen molar-refractivity contribution < 1.29 is 18.4 Å². The molecule has 34 heavy (non-hydrogen) atoms. The zero-order valence-electron chi connectivity index (χ0n) is 18.5. The number of carbonyl (C=O) groups is 2. The largest absolute Gasteiger partial charge is 0.367 e. The highest BCUT2D eigenvalue weighted by Gasteiger charge is 2.25. The van der Waals surface area contributed by atoms with Crippen LogP contribution in [-0.4, -0.2) is 53.8 Å². The zero-order chi connectivity index (χ0) is 23.8. The molecule has 9 heteroatoms. The molecule has 2 aliphatic heterocycles. The Morgan fingerprint density at radius 2 is 1.85 bits per heavy atom. The number of benzene rings is 2. The molecule has 0 unspecified atom stereocenters. The molecule has 0 radical (unpaired) electrons. The molecule has 2 aromatic carbocycles. The van der Waals surface area contributed by atoms with Gasteiger partial charge in [-0.25, -0.2) is 8.78 Å². The molecule has 0 spiro atoms. The van der Waals surface area contributed by atoms with Crippen LogP contribution in [-0.2, 0) is 4.79 Å². The Bertz CT molecular complexity index is 1340. The van der Waals surface area contributed by atoms with E-state index in [0.29, 0.717) is 27.8 Å². The van der Waals surface area contributed by atoms with Crippen molar-refractivity contribution in [1.29, 1.82) is 0 Å². The van der Waals surface area contributed by atoms with Crippen molar-refractivity contribution in [3.63, 3.8) is 0 Å². The van der Waals surface area contributed by atoms with Gasteiger partial charge in [0.05, 0.1) is 10.6 Å². The van der Waals surface area contributed by atoms with Crippen LogP contribution in [0.3, 0.4) is 0 Å². The maximum absolute atomic E-state index is 15.2. The summed E-state index contributed by atoms with van der Waals surface area (Å²) in [7, 11) is 0. The second-order valence-electron chi connectivity index (χ2n) is 8.20. The first-order valence-electron chi connectivity index (χ1n) is 11.0. The van der Waals surface area contributed by atoms with E-state index in [4.69, 9.17) is 0 Å². The third-order valence-corrected chi connectivity index (χ3v) is 6.99. The molecule has 0 atom stereocenters. The number of halogens is 2. The van der Waals surface area contributed by atoms with E-state index >= 15 is 4.39 Å². The molecule has 0 aliphatic carbocycles. The second-order valence-corrected chi connectivity index (χ2v) is 9.21. The van der Waals surface area contributed by atoms with Gasteiger partial charge < -0.3 is 9.80 Å². The van der Waals surface area contributed by atoms with Crippen molar-refractivity contribution >= 4 is 45.6 Å². The summed E-state index contributed by atoms with van der Waals surface area (Å²) in [6.45, 7) is 6.42. The van der Waals surface area contributed by atoms with Gasteiger partial charge in [0.2, 0.25) is 0 Å². The van der Waals surface area contributed by atoms with Gasteiger partial charge in [0, 0.05) is 37.8 Å². The number of anilines is 1. The summed E-state index contributed by atoms with van der Waals surface area (Å²) < 4.78 is 30.1. The summed E-state index contributed by atoms with van der Waals surface area (Å²) >= 11 is 0.765. The molecule has 3 aromatic rings. The number of amides is 2. The van der Waals surface area contributed by atoms with E-state index < -0.39 is 17.0 Å². The van der Waals surface area contributed by atoms with Crippen LogP contribution in [0.4, 0.5) is 19.3 Å². The average Bonchev–Trinajstić information content (AvgIpc) is 3.15. The van der Waals surface area contributed by atoms with E-state index in [2.05, 4.69) is 22.1 Å². The molecular weight excluding hydrogens is 458 g/mol. The molecular formula is C25H22F2N4O2S. The summed E-state index contributed by atoms with van der Waals surface area (Å²) in [5.74, 6) is -1.41. The Hall–Kier alpha value is -3.30. The molecule has 5 rings (SSSR count). The molecule has 174 valence electrons. The summed E-state index contributed by atoms with van der Waals surface area (Å²) in [6, 6.07) is 9.75. The number of fused-ring (bicyclic) bond motifs is 1. The topological polar surface area (TPSA) is 65.5 Å². The Labute approximate surface area is 199 Å². The summed E-state index contributed by atoms with van der Waals surface area (Å²) in [6.07, 6.45) is 2.96. The van der Waals surface area contributed by atoms with Gasteiger partial charge in [0.1, 0.15) is 17.2 Å². The predicted octanol–water partition coefficient (Wildman–Crippen LogP) is 4.65. The number of hydrogen-bond donors (Lipinski definition) is 1. The van der Waals surface area contributed by atoms with Crippen molar-refractivity contribution in [2.24, 2.45) is 0 Å². The number of nitrogens with zero attached hydrogens (tertiary/aromatic N) is 3. The Balaban J connectivity index is 1.52. The van der Waals surface area contributed by atoms with Gasteiger partial charge in [-0.1, -0.05) is 13.0 Å². The van der Waals surface area contributed by atoms with E-state index in [1.54, 1.807) is 18.2 Å². The van der Waals surface area contributed by atoms with Crippen LogP contribution in [0, 0.1) is 11.6 Å². The number of piperazine rings is 1. The number of nitrogens with one attached hydrogen (secondary N) is 1. The lowest BCUT2D eigenvalue weighted by molar-refractivity contribution is -0.115. The van der Waals surface area contributed by atoms with Crippen LogP contribution in [0.2, 0.25) is 0 Å². The van der Waals surface area contributed by atoms with E-state index in [-0.39, 0.29) is 16.2 Å². The molecule has 0 saturated carbocycles. The van der Waals surface area contributed by atoms with Gasteiger partial charge in [-0.3, -0.25) is 19.9 Å². The molecule has 2 saturated heterocycles. The van der Waals surface area contributed by atoms with Crippen molar-refractivity contribution in [1.82, 2.24) is 15.2 Å². The maximum atomic E-state index is 15.2. The van der Waals surface area contributed by atoms with Gasteiger partial charge in [0.25, 0.3) is 11.1 Å². The number of carbonyl (C=O) groups excluding carboxylic acids is 2. The highest BCUT2D eigenvalue weighted by Crippen LogP contribution is 2.34. The summed E-state index contributed by atoms with van der Waals surface area (Å²) in [5.41, 5.74) is 2.36. The van der Waals surface area contributed by atoms with E-state index in [0.717, 1.165) is 44.5 Å². The van der Waals surface area contributed by atoms with E-state index in [1.807, 2.05) is 11.0 Å². The maximum Gasteiger partial charge on any atom is 0.290 e. The van der Waals surface area contributed by atoms with Gasteiger partial charge in [0.15, 0.2) is 0 Å². The highest BCUT2D eigenvalue weighted by molar-refractivity contribution is 8.18. The Morgan fingerprint density at radius 3 is 2.53 bits per heavy atom. The van der Waals surface area contributed by atoms with Crippen LogP contribution in [0.5, 0.6) is 0 Å². The molecule has 1 aromatic heterocycles. The summed E-state index contributed by atoms with van der Waals surface area (Å²) in [5, 5.41) is 2.21. The predicted molar refractivity (Wildman–Crippen MR) is 131 cm³/mol. The molecule has 2 amide bonds. The number of rotatable bonds is 4. The molecule has 6 nitrogen and oxygen atoms in total. The fourth-order valence-corrected chi connectivity index (χ4v) is 5.06. The molecule has 2 aliphatic rings. The Kier molecular flexibility index (Phi) is 6.05. The molecule has 2 fully saturated rings. The van der Waals surface area contributed by atoms with Gasteiger partial charge >= 0.3 is 0 Å². The standard InChI is InChI=1S/C25H22F2N4O2S/c1-2-30-7-9-31(10-8-30)21-4-3-16(14-19(21)26)17-5-6-28-23-18(17)11-15(12-20(23)27)13-22-24(32)29-25(33)34-22/h3-6,11-14H,2,7-10H2,1H3,(H,29,32,33). The lowest BCUT2D eigenvalue weighted by Crippen LogP contribution is -2.46. The third kappa shape index (κ3) is 4.28. The zero-order valence-corrected chi connectivity index (χ0v) is 19.3. The first-order valence-corrected chi connectivity index (χ1v) is 11.8. The van der Waals surface area contributed by atoms with Gasteiger partial charge in [-0.05, 0) is 71.4 Å². The third-order valence-electron chi connectivity index (χ3n) is 6.18. The van der Waals surface area contributed by atoms with Gasteiger partial charge in [-0.15, -0.1) is 0 Å². The minimum atomic E-state index is -0.563. The van der Waals surface area contributed by atoms with Crippen molar-refractivity contribution in [2.75, 3.05) is 37.6 Å². The molecule has 0 bridgehead atoms. The van der Waals surface area contributed by atoms with E-state index in [9.17, 15) is 14.0 Å². The fraction of sp³-hybridized carbons (Fsp3) is 0.240. The molecule has 3 heterocycles. The van der Waals surface area contributed by atoms with Gasteiger partial charge in [-0.2, -0.15) is 0 Å². The van der Waals surface area contributed by atoms with Crippen molar-refractivity contribution in [3.05, 3.63) is 64.7 Å². The average molecular weight is 481 g/mol. The van der Waals surface area contributed by atoms with Crippen LogP contribution < -0.4 is 10.2 Å². The quantitative estimate of drug-likeness (QED) is 0.549.